The smallest absolute Gasteiger partial charge is 1.00 e. The second kappa shape index (κ2) is 8.42. The summed E-state index contributed by atoms with van der Waals surface area (Å²) >= 11 is 0. The van der Waals surface area contributed by atoms with Gasteiger partial charge >= 0.3 is 26.2 Å². The summed E-state index contributed by atoms with van der Waals surface area (Å²) in [5.74, 6) is 0. The van der Waals surface area contributed by atoms with Gasteiger partial charge in [0.1, 0.15) is 0 Å². The van der Waals surface area contributed by atoms with Crippen molar-refractivity contribution >= 4 is 0 Å². The molecule has 0 N–H and O–H groups in total. The molecule has 11 heavy (non-hydrogen) atoms. The van der Waals surface area contributed by atoms with Crippen molar-refractivity contribution in [1.29, 1.82) is 0 Å². The van der Waals surface area contributed by atoms with E-state index in [2.05, 4.69) is 26.8 Å². The zero-order chi connectivity index (χ0) is 6.15. The Labute approximate surface area is 122 Å². The molecule has 0 spiro atoms. The molecule has 0 aromatic rings. The van der Waals surface area contributed by atoms with Crippen molar-refractivity contribution in [3.05, 3.63) is 22.8 Å². The third kappa shape index (κ3) is 5.19. The molecule has 0 saturated carbocycles. The Bertz CT molecular complexity index is 165. The molecule has 0 saturated heterocycles. The molecule has 1 aliphatic carbocycles. The summed E-state index contributed by atoms with van der Waals surface area (Å²) in [4.78, 5) is 0. The molecule has 0 amide bonds. The fourth-order valence-corrected chi connectivity index (χ4v) is 0.850. The van der Waals surface area contributed by atoms with Gasteiger partial charge in [-0.25, -0.2) is 5.57 Å². The van der Waals surface area contributed by atoms with E-state index < -0.39 is 0 Å². The average molecular weight is 452 g/mol. The Kier molecular flexibility index (Phi) is 14.2. The molecule has 0 unspecified atom stereocenters. The zero-order valence-electron chi connectivity index (χ0n) is 6.96. The molecule has 1 radical (unpaired) electrons. The van der Waals surface area contributed by atoms with Crippen LogP contribution in [0.1, 0.15) is 27.2 Å². The van der Waals surface area contributed by atoms with Crippen LogP contribution in [0.2, 0.25) is 0 Å². The van der Waals surface area contributed by atoms with Gasteiger partial charge in [-0.2, -0.15) is 11.1 Å². The van der Waals surface area contributed by atoms with Crippen molar-refractivity contribution in [3.8, 4) is 0 Å². The third-order valence-electron chi connectivity index (χ3n) is 1.82. The van der Waals surface area contributed by atoms with E-state index in [4.69, 9.17) is 0 Å². The summed E-state index contributed by atoms with van der Waals surface area (Å²) in [6, 6.07) is 0. The van der Waals surface area contributed by atoms with Crippen LogP contribution in [-0.4, -0.2) is 0 Å². The zero-order valence-corrected chi connectivity index (χ0v) is 13.7. The fourth-order valence-electron chi connectivity index (χ4n) is 0.850. The number of hydrogen-bond donors (Lipinski definition) is 0. The molecular weight excluding hydrogens is 441 g/mol. The SMILES string of the molecule is CC1=[C-]CC(C)=C1C.[I-].[I-].[Zr+3]. The van der Waals surface area contributed by atoms with Crippen LogP contribution in [0.15, 0.2) is 16.7 Å². The Morgan fingerprint density at radius 1 is 1.09 bits per heavy atom. The van der Waals surface area contributed by atoms with Gasteiger partial charge in [0.05, 0.1) is 0 Å². The van der Waals surface area contributed by atoms with E-state index in [9.17, 15) is 0 Å². The molecule has 0 aromatic carbocycles. The van der Waals surface area contributed by atoms with Crippen molar-refractivity contribution in [3.63, 3.8) is 0 Å². The Balaban J connectivity index is -0.000000213. The molecule has 0 nitrogen and oxygen atoms in total. The Hall–Kier alpha value is 1.82. The number of hydrogen-bond acceptors (Lipinski definition) is 0. The summed E-state index contributed by atoms with van der Waals surface area (Å²) in [6.45, 7) is 6.44. The third-order valence-corrected chi connectivity index (χ3v) is 1.82. The van der Waals surface area contributed by atoms with Gasteiger partial charge in [0, 0.05) is 0 Å². The van der Waals surface area contributed by atoms with Crippen LogP contribution in [-0.2, 0) is 26.2 Å². The van der Waals surface area contributed by atoms with E-state index in [1.54, 1.807) is 0 Å². The van der Waals surface area contributed by atoms with Gasteiger partial charge in [0.2, 0.25) is 0 Å². The van der Waals surface area contributed by atoms with Gasteiger partial charge in [-0.15, -0.1) is 13.3 Å². The van der Waals surface area contributed by atoms with Crippen LogP contribution in [0, 0.1) is 6.08 Å². The maximum Gasteiger partial charge on any atom is 3.00 e. The van der Waals surface area contributed by atoms with Crippen LogP contribution in [0.4, 0.5) is 0 Å². The van der Waals surface area contributed by atoms with Gasteiger partial charge in [-0.05, 0) is 0 Å². The Morgan fingerprint density at radius 3 is 1.64 bits per heavy atom. The molecule has 0 fully saturated rings. The number of allylic oxidation sites excluding steroid dienone is 4. The topological polar surface area (TPSA) is 0 Å². The molecule has 61 valence electrons. The molecule has 1 aliphatic rings. The summed E-state index contributed by atoms with van der Waals surface area (Å²) in [7, 11) is 0. The predicted molar refractivity (Wildman–Crippen MR) is 35.4 cm³/mol. The van der Waals surface area contributed by atoms with Gasteiger partial charge in [0.15, 0.2) is 0 Å². The maximum atomic E-state index is 3.26. The molecule has 0 heterocycles. The first kappa shape index (κ1) is 18.6. The van der Waals surface area contributed by atoms with Gasteiger partial charge < -0.3 is 48.0 Å². The van der Waals surface area contributed by atoms with E-state index in [0.717, 1.165) is 6.42 Å². The summed E-state index contributed by atoms with van der Waals surface area (Å²) in [5, 5.41) is 0. The second-order valence-corrected chi connectivity index (χ2v) is 2.38. The molecular formula is C8H11I2Zr. The van der Waals surface area contributed by atoms with Crippen LogP contribution in [0.5, 0.6) is 0 Å². The van der Waals surface area contributed by atoms with Crippen LogP contribution in [0.3, 0.4) is 0 Å². The normalized spacial score (nSPS) is 14.3. The van der Waals surface area contributed by atoms with Gasteiger partial charge in [-0.3, -0.25) is 6.08 Å². The van der Waals surface area contributed by atoms with Crippen LogP contribution in [0.25, 0.3) is 0 Å². The molecule has 0 bridgehead atoms. The number of halogens is 2. The van der Waals surface area contributed by atoms with Crippen molar-refractivity contribution in [2.24, 2.45) is 0 Å². The van der Waals surface area contributed by atoms with Crippen molar-refractivity contribution in [2.45, 2.75) is 27.2 Å². The van der Waals surface area contributed by atoms with Crippen molar-refractivity contribution in [2.75, 3.05) is 0 Å². The quantitative estimate of drug-likeness (QED) is 0.264. The fraction of sp³-hybridized carbons (Fsp3) is 0.500. The molecule has 3 heteroatoms. The monoisotopic (exact) mass is 451 g/mol. The first-order chi connectivity index (χ1) is 3.72. The minimum absolute atomic E-state index is 0. The maximum absolute atomic E-state index is 3.26. The van der Waals surface area contributed by atoms with Crippen molar-refractivity contribution in [1.82, 2.24) is 0 Å². The van der Waals surface area contributed by atoms with E-state index in [-0.39, 0.29) is 74.2 Å². The Morgan fingerprint density at radius 2 is 1.55 bits per heavy atom. The molecule has 1 rings (SSSR count). The number of rotatable bonds is 0. The second-order valence-electron chi connectivity index (χ2n) is 2.38. The summed E-state index contributed by atoms with van der Waals surface area (Å²) < 4.78 is 0. The largest absolute Gasteiger partial charge is 3.00 e. The molecule has 0 aromatic heterocycles. The predicted octanol–water partition coefficient (Wildman–Crippen LogP) is -3.52. The first-order valence-corrected chi connectivity index (χ1v) is 2.96. The van der Waals surface area contributed by atoms with Crippen molar-refractivity contribution < 1.29 is 74.2 Å². The minimum atomic E-state index is 0. The summed E-state index contributed by atoms with van der Waals surface area (Å²) in [5.41, 5.74) is 4.25. The summed E-state index contributed by atoms with van der Waals surface area (Å²) in [6.07, 6.45) is 4.31. The first-order valence-electron chi connectivity index (χ1n) is 2.96. The van der Waals surface area contributed by atoms with E-state index in [1.807, 2.05) is 0 Å². The average Bonchev–Trinajstić information content (AvgIpc) is 1.98. The van der Waals surface area contributed by atoms with Crippen LogP contribution < -0.4 is 48.0 Å². The van der Waals surface area contributed by atoms with E-state index in [1.165, 1.54) is 16.7 Å². The van der Waals surface area contributed by atoms with E-state index >= 15 is 0 Å². The molecule has 0 atom stereocenters. The van der Waals surface area contributed by atoms with Crippen LogP contribution >= 0.6 is 0 Å². The van der Waals surface area contributed by atoms with Gasteiger partial charge in [0.25, 0.3) is 0 Å². The minimum Gasteiger partial charge on any atom is -1.00 e. The standard InChI is InChI=1S/C8H11.2HI.Zr/c1-6-4-5-7(2)8(6)3;;;/h4H2,1-3H3;2*1H;/q-1;;;+3/p-2. The van der Waals surface area contributed by atoms with Gasteiger partial charge in [-0.1, -0.05) is 13.8 Å². The molecule has 0 aliphatic heterocycles. The van der Waals surface area contributed by atoms with E-state index in [0.29, 0.717) is 0 Å².